The molecule has 1 N–H and O–H groups in total. The third-order valence-corrected chi connectivity index (χ3v) is 7.00. The summed E-state index contributed by atoms with van der Waals surface area (Å²) in [6.07, 6.45) is 0.473. The molecule has 8 heteroatoms. The molecule has 1 heterocycles. The predicted octanol–water partition coefficient (Wildman–Crippen LogP) is 6.17. The molecule has 1 fully saturated rings. The molecule has 0 spiro atoms. The zero-order valence-electron chi connectivity index (χ0n) is 17.2. The lowest BCUT2D eigenvalue weighted by molar-refractivity contribution is -0.117. The Labute approximate surface area is 209 Å². The van der Waals surface area contributed by atoms with Crippen molar-refractivity contribution in [1.82, 2.24) is 0 Å². The fraction of sp³-hybridized carbons (Fsp3) is 0.0800. The number of hydrogen-bond donors (Lipinski definition) is 1. The van der Waals surface area contributed by atoms with Crippen LogP contribution in [-0.4, -0.2) is 17.1 Å². The van der Waals surface area contributed by atoms with Crippen molar-refractivity contribution in [1.29, 1.82) is 5.26 Å². The average Bonchev–Trinajstić information content (AvgIpc) is 3.13. The van der Waals surface area contributed by atoms with Crippen LogP contribution in [0.1, 0.15) is 5.56 Å². The number of carbonyl (C=O) groups excluding carboxylic acids is 2. The van der Waals surface area contributed by atoms with Crippen molar-refractivity contribution in [3.8, 4) is 6.07 Å². The fourth-order valence-electron chi connectivity index (χ4n) is 3.36. The first-order valence-corrected chi connectivity index (χ1v) is 12.0. The van der Waals surface area contributed by atoms with E-state index >= 15 is 0 Å². The Bertz CT molecular complexity index is 1260. The van der Waals surface area contributed by atoms with Crippen LogP contribution in [0.3, 0.4) is 0 Å². The molecule has 33 heavy (non-hydrogen) atoms. The molecular formula is C25H17BrClN3O2S. The number of nitrogens with zero attached hydrogens (tertiary/aromatic N) is 2. The van der Waals surface area contributed by atoms with E-state index in [9.17, 15) is 14.9 Å². The Morgan fingerprint density at radius 2 is 1.73 bits per heavy atom. The molecule has 0 bridgehead atoms. The van der Waals surface area contributed by atoms with Gasteiger partial charge < -0.3 is 5.32 Å². The Morgan fingerprint density at radius 3 is 2.36 bits per heavy atom. The zero-order chi connectivity index (χ0) is 23.4. The van der Waals surface area contributed by atoms with Crippen LogP contribution in [0.4, 0.5) is 11.4 Å². The Morgan fingerprint density at radius 1 is 1.06 bits per heavy atom. The van der Waals surface area contributed by atoms with Crippen molar-refractivity contribution in [2.75, 3.05) is 10.2 Å². The van der Waals surface area contributed by atoms with Gasteiger partial charge in [-0.1, -0.05) is 69.6 Å². The minimum absolute atomic E-state index is 0.120. The Hall–Kier alpha value is -3.05. The van der Waals surface area contributed by atoms with Crippen LogP contribution >= 0.6 is 39.3 Å². The highest BCUT2D eigenvalue weighted by molar-refractivity contribution is 9.10. The van der Waals surface area contributed by atoms with Crippen LogP contribution < -0.4 is 10.2 Å². The summed E-state index contributed by atoms with van der Waals surface area (Å²) in [5.74, 6) is -0.753. The third-order valence-electron chi connectivity index (χ3n) is 4.96. The second-order valence-corrected chi connectivity index (χ2v) is 9.74. The molecule has 0 saturated carbocycles. The van der Waals surface area contributed by atoms with Gasteiger partial charge in [-0.25, -0.2) is 0 Å². The van der Waals surface area contributed by atoms with Crippen molar-refractivity contribution in [2.24, 2.45) is 0 Å². The first-order valence-electron chi connectivity index (χ1n) is 9.97. The zero-order valence-corrected chi connectivity index (χ0v) is 20.3. The highest BCUT2D eigenvalue weighted by Crippen LogP contribution is 2.42. The lowest BCUT2D eigenvalue weighted by Gasteiger charge is -2.18. The fourth-order valence-corrected chi connectivity index (χ4v) is 5.06. The number of para-hydroxylation sites is 1. The van der Waals surface area contributed by atoms with E-state index in [1.165, 1.54) is 16.7 Å². The monoisotopic (exact) mass is 537 g/mol. The molecular weight excluding hydrogens is 522 g/mol. The summed E-state index contributed by atoms with van der Waals surface area (Å²) in [7, 11) is 0. The molecule has 1 unspecified atom stereocenters. The van der Waals surface area contributed by atoms with Crippen LogP contribution in [0.25, 0.3) is 0 Å². The first-order chi connectivity index (χ1) is 16.0. The minimum atomic E-state index is -0.583. The van der Waals surface area contributed by atoms with Gasteiger partial charge in [0.1, 0.15) is 16.7 Å². The lowest BCUT2D eigenvalue weighted by Crippen LogP contribution is -2.30. The van der Waals surface area contributed by atoms with Gasteiger partial charge in [0.05, 0.1) is 5.25 Å². The third kappa shape index (κ3) is 5.31. The van der Waals surface area contributed by atoms with E-state index in [4.69, 9.17) is 11.6 Å². The molecule has 1 saturated heterocycles. The maximum Gasteiger partial charge on any atom is 0.269 e. The number of carbonyl (C=O) groups is 2. The normalized spacial score (nSPS) is 16.9. The number of nitrogens with one attached hydrogen (secondary N) is 1. The van der Waals surface area contributed by atoms with Crippen LogP contribution in [0.15, 0.2) is 93.9 Å². The van der Waals surface area contributed by atoms with Gasteiger partial charge in [-0.2, -0.15) is 5.26 Å². The molecule has 0 radical (unpaired) electrons. The molecule has 1 aliphatic rings. The van der Waals surface area contributed by atoms with Crippen molar-refractivity contribution < 1.29 is 9.59 Å². The van der Waals surface area contributed by atoms with Gasteiger partial charge in [0.2, 0.25) is 5.91 Å². The van der Waals surface area contributed by atoms with Gasteiger partial charge >= 0.3 is 0 Å². The van der Waals surface area contributed by atoms with Crippen LogP contribution in [0, 0.1) is 11.3 Å². The number of rotatable bonds is 5. The van der Waals surface area contributed by atoms with E-state index in [-0.39, 0.29) is 11.5 Å². The minimum Gasteiger partial charge on any atom is -0.321 e. The number of hydrogen-bond acceptors (Lipinski definition) is 4. The summed E-state index contributed by atoms with van der Waals surface area (Å²) in [6, 6.07) is 25.4. The van der Waals surface area contributed by atoms with E-state index < -0.39 is 11.2 Å². The molecule has 1 atom stereocenters. The number of thioether (sulfide) groups is 1. The quantitative estimate of drug-likeness (QED) is 0.312. The summed E-state index contributed by atoms with van der Waals surface area (Å²) in [5, 5.41) is 13.0. The van der Waals surface area contributed by atoms with Crippen molar-refractivity contribution in [2.45, 2.75) is 11.7 Å². The summed E-state index contributed by atoms with van der Waals surface area (Å²) in [4.78, 5) is 27.9. The maximum absolute atomic E-state index is 13.4. The highest BCUT2D eigenvalue weighted by Gasteiger charge is 2.40. The number of anilines is 2. The smallest absolute Gasteiger partial charge is 0.269 e. The van der Waals surface area contributed by atoms with Crippen LogP contribution in [0.5, 0.6) is 0 Å². The van der Waals surface area contributed by atoms with Crippen LogP contribution in [0.2, 0.25) is 5.02 Å². The van der Waals surface area contributed by atoms with Crippen molar-refractivity contribution >= 4 is 62.5 Å². The number of nitriles is 1. The number of amides is 2. The summed E-state index contributed by atoms with van der Waals surface area (Å²) >= 11 is 10.6. The van der Waals surface area contributed by atoms with Gasteiger partial charge in [0, 0.05) is 20.9 Å². The maximum atomic E-state index is 13.4. The summed E-state index contributed by atoms with van der Waals surface area (Å²) < 4.78 is 0.953. The van der Waals surface area contributed by atoms with Crippen LogP contribution in [-0.2, 0) is 16.0 Å². The van der Waals surface area contributed by atoms with E-state index in [1.54, 1.807) is 36.4 Å². The van der Waals surface area contributed by atoms with E-state index in [2.05, 4.69) is 21.2 Å². The Kier molecular flexibility index (Phi) is 7.19. The lowest BCUT2D eigenvalue weighted by atomic mass is 10.1. The number of halogens is 2. The topological polar surface area (TPSA) is 73.2 Å². The predicted molar refractivity (Wildman–Crippen MR) is 136 cm³/mol. The van der Waals surface area contributed by atoms with E-state index in [0.717, 1.165) is 10.0 Å². The molecule has 3 aromatic carbocycles. The van der Waals surface area contributed by atoms with Crippen molar-refractivity contribution in [3.63, 3.8) is 0 Å². The second kappa shape index (κ2) is 10.3. The van der Waals surface area contributed by atoms with Gasteiger partial charge in [-0.05, 0) is 60.5 Å². The second-order valence-electron chi connectivity index (χ2n) is 7.20. The molecule has 164 valence electrons. The molecule has 4 rings (SSSR count). The summed E-state index contributed by atoms with van der Waals surface area (Å²) in [6.45, 7) is 0. The Balaban J connectivity index is 1.70. The standard InChI is InChI=1S/C25H17BrClN3O2S/c26-17-8-6-16(7-9-17)14-22-24(32)30(20-4-2-1-3-5-20)25(33-22)21(15-28)23(31)29-19-12-10-18(27)11-13-19/h1-13,22H,14H2,(H,29,31). The van der Waals surface area contributed by atoms with Crippen molar-refractivity contribution in [3.05, 3.63) is 105 Å². The molecule has 0 aromatic heterocycles. The summed E-state index contributed by atoms with van der Waals surface area (Å²) in [5.41, 5.74) is 1.98. The average molecular weight is 539 g/mol. The van der Waals surface area contributed by atoms with Gasteiger partial charge in [-0.3, -0.25) is 14.5 Å². The molecule has 0 aliphatic carbocycles. The molecule has 3 aromatic rings. The molecule has 2 amide bonds. The highest BCUT2D eigenvalue weighted by atomic mass is 79.9. The molecule has 1 aliphatic heterocycles. The molecule has 5 nitrogen and oxygen atoms in total. The largest absolute Gasteiger partial charge is 0.321 e. The first kappa shape index (κ1) is 23.1. The van der Waals surface area contributed by atoms with Gasteiger partial charge in [0.25, 0.3) is 5.91 Å². The number of benzene rings is 3. The van der Waals surface area contributed by atoms with E-state index in [1.807, 2.05) is 48.5 Å². The van der Waals surface area contributed by atoms with Gasteiger partial charge in [0.15, 0.2) is 0 Å². The SMILES string of the molecule is N#CC(C(=O)Nc1ccc(Cl)cc1)=C1SC(Cc2ccc(Br)cc2)C(=O)N1c1ccccc1. The van der Waals surface area contributed by atoms with E-state index in [0.29, 0.717) is 27.8 Å². The van der Waals surface area contributed by atoms with Gasteiger partial charge in [-0.15, -0.1) is 0 Å².